The minimum atomic E-state index is -0.407. The molecule has 0 aliphatic carbocycles. The van der Waals surface area contributed by atoms with Gasteiger partial charge in [0.15, 0.2) is 0 Å². The molecule has 0 saturated carbocycles. The van der Waals surface area contributed by atoms with E-state index in [2.05, 4.69) is 26.6 Å². The number of nitrogens with one attached hydrogen (secondary N) is 2. The summed E-state index contributed by atoms with van der Waals surface area (Å²) >= 11 is 3.40. The van der Waals surface area contributed by atoms with Crippen LogP contribution in [0.1, 0.15) is 21.7 Å². The molecule has 3 aromatic rings. The Hall–Kier alpha value is -3.12. The summed E-state index contributed by atoms with van der Waals surface area (Å²) in [6, 6.07) is 19.7. The van der Waals surface area contributed by atoms with Gasteiger partial charge in [-0.25, -0.2) is 0 Å². The minimum Gasteiger partial charge on any atom is -0.465 e. The molecule has 0 atom stereocenters. The second-order valence-corrected chi connectivity index (χ2v) is 6.62. The quantitative estimate of drug-likeness (QED) is 0.584. The third kappa shape index (κ3) is 5.43. The zero-order valence-corrected chi connectivity index (χ0v) is 15.9. The monoisotopic (exact) mass is 424 g/mol. The van der Waals surface area contributed by atoms with E-state index in [9.17, 15) is 9.59 Å². The number of hydrogen-bond acceptors (Lipinski definition) is 3. The highest BCUT2D eigenvalue weighted by atomic mass is 79.9. The van der Waals surface area contributed by atoms with Gasteiger partial charge in [-0.2, -0.15) is 0 Å². The minimum absolute atomic E-state index is 0.105. The van der Waals surface area contributed by atoms with Gasteiger partial charge in [0.2, 0.25) is 0 Å². The topological polar surface area (TPSA) is 71.3 Å². The number of carbonyl (C=O) groups is 2. The smallest absolute Gasteiger partial charge is 0.268 e. The normalized spacial score (nSPS) is 11.1. The number of amides is 2. The number of benzene rings is 2. The summed E-state index contributed by atoms with van der Waals surface area (Å²) in [6.45, 7) is 0.328. The molecule has 2 aromatic carbocycles. The highest BCUT2D eigenvalue weighted by Gasteiger charge is 2.15. The van der Waals surface area contributed by atoms with Gasteiger partial charge < -0.3 is 15.1 Å². The third-order valence-electron chi connectivity index (χ3n) is 3.70. The first-order valence-electron chi connectivity index (χ1n) is 8.26. The van der Waals surface area contributed by atoms with Crippen LogP contribution in [0.25, 0.3) is 6.08 Å². The van der Waals surface area contributed by atoms with Gasteiger partial charge in [-0.05, 0) is 42.0 Å². The fraction of sp³-hybridized carbons (Fsp3) is 0.0476. The fourth-order valence-corrected chi connectivity index (χ4v) is 2.83. The Morgan fingerprint density at radius 1 is 1.00 bits per heavy atom. The lowest BCUT2D eigenvalue weighted by Crippen LogP contribution is -2.34. The number of furan rings is 1. The van der Waals surface area contributed by atoms with Gasteiger partial charge in [0.05, 0.1) is 6.26 Å². The summed E-state index contributed by atoms with van der Waals surface area (Å²) in [5, 5.41) is 5.47. The van der Waals surface area contributed by atoms with Crippen LogP contribution in [0.5, 0.6) is 0 Å². The molecule has 27 heavy (non-hydrogen) atoms. The summed E-state index contributed by atoms with van der Waals surface area (Å²) in [5.74, 6) is -0.308. The van der Waals surface area contributed by atoms with E-state index in [-0.39, 0.29) is 11.6 Å². The molecule has 0 spiro atoms. The molecular formula is C21H17BrN2O3. The zero-order chi connectivity index (χ0) is 19.1. The van der Waals surface area contributed by atoms with E-state index in [4.69, 9.17) is 4.42 Å². The maximum Gasteiger partial charge on any atom is 0.268 e. The molecule has 3 rings (SSSR count). The van der Waals surface area contributed by atoms with Gasteiger partial charge in [-0.1, -0.05) is 46.3 Å². The van der Waals surface area contributed by atoms with Crippen molar-refractivity contribution in [2.45, 2.75) is 6.54 Å². The summed E-state index contributed by atoms with van der Waals surface area (Å²) in [4.78, 5) is 25.1. The van der Waals surface area contributed by atoms with Crippen LogP contribution in [0.15, 0.2) is 87.6 Å². The molecule has 0 bridgehead atoms. The Balaban J connectivity index is 1.75. The molecule has 6 heteroatoms. The van der Waals surface area contributed by atoms with Crippen LogP contribution >= 0.6 is 15.9 Å². The van der Waals surface area contributed by atoms with Gasteiger partial charge >= 0.3 is 0 Å². The van der Waals surface area contributed by atoms with E-state index >= 15 is 0 Å². The van der Waals surface area contributed by atoms with Crippen LogP contribution in [0.4, 0.5) is 0 Å². The van der Waals surface area contributed by atoms with Crippen molar-refractivity contribution < 1.29 is 14.0 Å². The van der Waals surface area contributed by atoms with E-state index in [0.29, 0.717) is 17.9 Å². The predicted molar refractivity (Wildman–Crippen MR) is 107 cm³/mol. The number of carbonyl (C=O) groups excluding carboxylic acids is 2. The van der Waals surface area contributed by atoms with Gasteiger partial charge in [-0.3, -0.25) is 9.59 Å². The molecule has 0 saturated heterocycles. The summed E-state index contributed by atoms with van der Waals surface area (Å²) < 4.78 is 6.19. The number of rotatable bonds is 6. The van der Waals surface area contributed by atoms with Crippen LogP contribution in [0, 0.1) is 0 Å². The maximum absolute atomic E-state index is 12.6. The Kier molecular flexibility index (Phi) is 6.22. The largest absolute Gasteiger partial charge is 0.465 e. The highest BCUT2D eigenvalue weighted by molar-refractivity contribution is 9.10. The molecule has 0 unspecified atom stereocenters. The van der Waals surface area contributed by atoms with Crippen molar-refractivity contribution in [1.29, 1.82) is 0 Å². The molecule has 0 radical (unpaired) electrons. The lowest BCUT2D eigenvalue weighted by atomic mass is 10.2. The first-order valence-corrected chi connectivity index (χ1v) is 9.05. The van der Waals surface area contributed by atoms with Crippen molar-refractivity contribution >= 4 is 33.8 Å². The highest BCUT2D eigenvalue weighted by Crippen LogP contribution is 2.12. The fourth-order valence-electron chi connectivity index (χ4n) is 2.38. The van der Waals surface area contributed by atoms with Crippen LogP contribution in [0.2, 0.25) is 0 Å². The second kappa shape index (κ2) is 9.00. The van der Waals surface area contributed by atoms with Crippen LogP contribution in [-0.4, -0.2) is 11.8 Å². The Morgan fingerprint density at radius 3 is 2.52 bits per heavy atom. The first kappa shape index (κ1) is 18.7. The lowest BCUT2D eigenvalue weighted by molar-refractivity contribution is -0.117. The Labute approximate surface area is 165 Å². The number of halogens is 1. The molecule has 2 amide bonds. The average Bonchev–Trinajstić information content (AvgIpc) is 3.19. The van der Waals surface area contributed by atoms with Crippen LogP contribution < -0.4 is 10.6 Å². The van der Waals surface area contributed by atoms with Crippen molar-refractivity contribution in [1.82, 2.24) is 10.6 Å². The first-order chi connectivity index (χ1) is 13.1. The molecule has 5 nitrogen and oxygen atoms in total. The molecule has 136 valence electrons. The van der Waals surface area contributed by atoms with E-state index in [0.717, 1.165) is 10.0 Å². The standard InChI is InChI=1S/C21H17BrN2O3/c22-17-9-4-6-15(12-17)14-23-21(26)19(13-18-10-5-11-27-18)24-20(25)16-7-2-1-3-8-16/h1-13H,14H2,(H,23,26)(H,24,25)/b19-13-. The summed E-state index contributed by atoms with van der Waals surface area (Å²) in [5.41, 5.74) is 1.50. The van der Waals surface area contributed by atoms with E-state index in [1.807, 2.05) is 30.3 Å². The van der Waals surface area contributed by atoms with Crippen LogP contribution in [0.3, 0.4) is 0 Å². The summed E-state index contributed by atoms with van der Waals surface area (Å²) in [7, 11) is 0. The maximum atomic E-state index is 12.6. The Morgan fingerprint density at radius 2 is 1.81 bits per heavy atom. The van der Waals surface area contributed by atoms with Gasteiger partial charge in [0, 0.05) is 22.7 Å². The van der Waals surface area contributed by atoms with E-state index in [1.165, 1.54) is 12.3 Å². The molecule has 0 aliphatic rings. The van der Waals surface area contributed by atoms with Crippen molar-refractivity contribution in [2.24, 2.45) is 0 Å². The Bertz CT molecular complexity index is 951. The van der Waals surface area contributed by atoms with Crippen LogP contribution in [-0.2, 0) is 11.3 Å². The van der Waals surface area contributed by atoms with Crippen molar-refractivity contribution in [2.75, 3.05) is 0 Å². The van der Waals surface area contributed by atoms with Gasteiger partial charge in [-0.15, -0.1) is 0 Å². The summed E-state index contributed by atoms with van der Waals surface area (Å²) in [6.07, 6.45) is 3.00. The SMILES string of the molecule is O=C(NCc1cccc(Br)c1)/C(=C/c1ccco1)NC(=O)c1ccccc1. The zero-order valence-electron chi connectivity index (χ0n) is 14.3. The van der Waals surface area contributed by atoms with Crippen molar-refractivity contribution in [3.8, 4) is 0 Å². The van der Waals surface area contributed by atoms with E-state index < -0.39 is 5.91 Å². The van der Waals surface area contributed by atoms with Crippen molar-refractivity contribution in [3.63, 3.8) is 0 Å². The average molecular weight is 425 g/mol. The van der Waals surface area contributed by atoms with Crippen molar-refractivity contribution in [3.05, 3.63) is 100 Å². The van der Waals surface area contributed by atoms with Gasteiger partial charge in [0.25, 0.3) is 11.8 Å². The second-order valence-electron chi connectivity index (χ2n) is 5.71. The molecule has 0 fully saturated rings. The third-order valence-corrected chi connectivity index (χ3v) is 4.19. The van der Waals surface area contributed by atoms with Gasteiger partial charge in [0.1, 0.15) is 11.5 Å². The molecule has 1 heterocycles. The predicted octanol–water partition coefficient (Wildman–Crippen LogP) is 4.13. The molecule has 0 aliphatic heterocycles. The molecular weight excluding hydrogens is 408 g/mol. The molecule has 2 N–H and O–H groups in total. The lowest BCUT2D eigenvalue weighted by Gasteiger charge is -2.11. The number of hydrogen-bond donors (Lipinski definition) is 2. The van der Waals surface area contributed by atoms with E-state index in [1.54, 1.807) is 36.4 Å². The molecule has 1 aromatic heterocycles.